The van der Waals surface area contributed by atoms with Crippen LogP contribution in [-0.2, 0) is 9.53 Å². The average Bonchev–Trinajstić information content (AvgIpc) is 2.73. The summed E-state index contributed by atoms with van der Waals surface area (Å²) in [5.74, 6) is -0.160. The lowest BCUT2D eigenvalue weighted by molar-refractivity contribution is -0.117. The van der Waals surface area contributed by atoms with E-state index in [1.807, 2.05) is 0 Å². The molecule has 1 aromatic carbocycles. The SMILES string of the molecule is COCCNc1cc(C(N)=O)nc(N2CCN(c3cccc(C#N)c3)C(=O)C2)n1. The maximum Gasteiger partial charge on any atom is 0.267 e. The molecule has 1 aromatic heterocycles. The van der Waals surface area contributed by atoms with Crippen LogP contribution in [-0.4, -0.2) is 61.7 Å². The van der Waals surface area contributed by atoms with Crippen molar-refractivity contribution in [2.45, 2.75) is 0 Å². The molecule has 150 valence electrons. The number of nitriles is 1. The van der Waals surface area contributed by atoms with Crippen molar-refractivity contribution >= 4 is 29.3 Å². The molecule has 0 radical (unpaired) electrons. The molecular weight excluding hydrogens is 374 g/mol. The summed E-state index contributed by atoms with van der Waals surface area (Å²) < 4.78 is 4.99. The number of nitrogens with one attached hydrogen (secondary N) is 1. The van der Waals surface area contributed by atoms with Gasteiger partial charge in [0.25, 0.3) is 5.91 Å². The van der Waals surface area contributed by atoms with Crippen LogP contribution in [0.5, 0.6) is 0 Å². The Morgan fingerprint density at radius 2 is 2.17 bits per heavy atom. The molecule has 0 spiro atoms. The number of carbonyl (C=O) groups excluding carboxylic acids is 2. The molecule has 1 fully saturated rings. The third-order valence-electron chi connectivity index (χ3n) is 4.37. The summed E-state index contributed by atoms with van der Waals surface area (Å²) in [6, 6.07) is 10.4. The summed E-state index contributed by atoms with van der Waals surface area (Å²) >= 11 is 0. The number of nitrogens with two attached hydrogens (primary N) is 1. The van der Waals surface area contributed by atoms with Gasteiger partial charge in [-0.2, -0.15) is 10.2 Å². The van der Waals surface area contributed by atoms with E-state index >= 15 is 0 Å². The second-order valence-corrected chi connectivity index (χ2v) is 6.35. The van der Waals surface area contributed by atoms with Crippen molar-refractivity contribution in [2.75, 3.05) is 55.0 Å². The third-order valence-corrected chi connectivity index (χ3v) is 4.37. The first-order valence-corrected chi connectivity index (χ1v) is 8.99. The zero-order valence-corrected chi connectivity index (χ0v) is 16.0. The van der Waals surface area contributed by atoms with Crippen LogP contribution in [0.25, 0.3) is 0 Å². The molecule has 0 unspecified atom stereocenters. The van der Waals surface area contributed by atoms with Crippen LogP contribution in [0.3, 0.4) is 0 Å². The molecule has 2 amide bonds. The summed E-state index contributed by atoms with van der Waals surface area (Å²) in [4.78, 5) is 36.3. The van der Waals surface area contributed by atoms with Gasteiger partial charge in [-0.3, -0.25) is 9.59 Å². The van der Waals surface area contributed by atoms with E-state index in [4.69, 9.17) is 15.7 Å². The smallest absolute Gasteiger partial charge is 0.267 e. The van der Waals surface area contributed by atoms with Crippen molar-refractivity contribution < 1.29 is 14.3 Å². The lowest BCUT2D eigenvalue weighted by Gasteiger charge is -2.34. The van der Waals surface area contributed by atoms with E-state index in [2.05, 4.69) is 21.4 Å². The fourth-order valence-corrected chi connectivity index (χ4v) is 2.93. The number of hydrogen-bond acceptors (Lipinski definition) is 8. The number of anilines is 3. The predicted octanol–water partition coefficient (Wildman–Crippen LogP) is 0.359. The van der Waals surface area contributed by atoms with Crippen LogP contribution in [0.4, 0.5) is 17.5 Å². The second-order valence-electron chi connectivity index (χ2n) is 6.35. The van der Waals surface area contributed by atoms with Crippen molar-refractivity contribution in [3.8, 4) is 6.07 Å². The van der Waals surface area contributed by atoms with Crippen LogP contribution in [0.2, 0.25) is 0 Å². The Morgan fingerprint density at radius 3 is 2.86 bits per heavy atom. The number of primary amides is 1. The second kappa shape index (κ2) is 8.99. The number of ether oxygens (including phenoxy) is 1. The zero-order chi connectivity index (χ0) is 20.8. The Labute approximate surface area is 167 Å². The Hall–Kier alpha value is -3.71. The van der Waals surface area contributed by atoms with Crippen LogP contribution in [0, 0.1) is 11.3 Å². The molecule has 1 aliphatic rings. The molecule has 2 aromatic rings. The van der Waals surface area contributed by atoms with Crippen LogP contribution < -0.4 is 20.9 Å². The number of hydrogen-bond donors (Lipinski definition) is 2. The number of aromatic nitrogens is 2. The predicted molar refractivity (Wildman–Crippen MR) is 107 cm³/mol. The maximum atomic E-state index is 12.7. The molecule has 0 atom stereocenters. The standard InChI is InChI=1S/C19H21N7O3/c1-29-8-5-22-16-10-15(18(21)28)23-19(24-16)25-6-7-26(17(27)12-25)14-4-2-3-13(9-14)11-20/h2-4,9-10H,5-8,12H2,1H3,(H2,21,28)(H,22,23,24). The van der Waals surface area contributed by atoms with Gasteiger partial charge >= 0.3 is 0 Å². The molecule has 10 nitrogen and oxygen atoms in total. The fourth-order valence-electron chi connectivity index (χ4n) is 2.93. The van der Waals surface area contributed by atoms with Gasteiger partial charge in [0.2, 0.25) is 11.9 Å². The molecule has 0 saturated carbocycles. The summed E-state index contributed by atoms with van der Waals surface area (Å²) in [7, 11) is 1.58. The molecule has 3 rings (SSSR count). The van der Waals surface area contributed by atoms with E-state index in [0.717, 1.165) is 0 Å². The summed E-state index contributed by atoms with van der Waals surface area (Å²) in [6.07, 6.45) is 0. The number of piperazine rings is 1. The largest absolute Gasteiger partial charge is 0.383 e. The molecule has 2 heterocycles. The highest BCUT2D eigenvalue weighted by Crippen LogP contribution is 2.21. The Balaban J connectivity index is 1.79. The van der Waals surface area contributed by atoms with E-state index < -0.39 is 5.91 Å². The van der Waals surface area contributed by atoms with Gasteiger partial charge in [0.15, 0.2) is 0 Å². The lowest BCUT2D eigenvalue weighted by atomic mass is 10.2. The van der Waals surface area contributed by atoms with E-state index in [1.54, 1.807) is 41.2 Å². The third kappa shape index (κ3) is 4.77. The number of carbonyl (C=O) groups is 2. The molecule has 1 saturated heterocycles. The van der Waals surface area contributed by atoms with E-state index in [0.29, 0.717) is 43.3 Å². The fraction of sp³-hybridized carbons (Fsp3) is 0.316. The van der Waals surface area contributed by atoms with Gasteiger partial charge in [0.1, 0.15) is 18.1 Å². The molecular formula is C19H21N7O3. The van der Waals surface area contributed by atoms with Gasteiger partial charge in [-0.25, -0.2) is 4.98 Å². The Kier molecular flexibility index (Phi) is 6.21. The number of nitrogens with zero attached hydrogens (tertiary/aromatic N) is 5. The van der Waals surface area contributed by atoms with Crippen molar-refractivity contribution in [1.82, 2.24) is 9.97 Å². The summed E-state index contributed by atoms with van der Waals surface area (Å²) in [5.41, 5.74) is 6.61. The highest BCUT2D eigenvalue weighted by molar-refractivity contribution is 5.98. The van der Waals surface area contributed by atoms with Gasteiger partial charge in [-0.05, 0) is 18.2 Å². The topological polar surface area (TPSA) is 137 Å². The van der Waals surface area contributed by atoms with Gasteiger partial charge < -0.3 is 25.6 Å². The molecule has 29 heavy (non-hydrogen) atoms. The first-order chi connectivity index (χ1) is 14.0. The van der Waals surface area contributed by atoms with Gasteiger partial charge in [-0.1, -0.05) is 6.07 Å². The van der Waals surface area contributed by atoms with Crippen LogP contribution in [0.1, 0.15) is 16.1 Å². The minimum Gasteiger partial charge on any atom is -0.383 e. The number of amides is 2. The lowest BCUT2D eigenvalue weighted by Crippen LogP contribution is -2.51. The number of methoxy groups -OCH3 is 1. The maximum absolute atomic E-state index is 12.7. The molecule has 3 N–H and O–H groups in total. The molecule has 10 heteroatoms. The normalized spacial score (nSPS) is 13.9. The van der Waals surface area contributed by atoms with Crippen molar-refractivity contribution in [3.63, 3.8) is 0 Å². The number of benzene rings is 1. The minimum absolute atomic E-state index is 0.0382. The molecule has 1 aliphatic heterocycles. The zero-order valence-electron chi connectivity index (χ0n) is 16.0. The quantitative estimate of drug-likeness (QED) is 0.641. The van der Waals surface area contributed by atoms with E-state index in [9.17, 15) is 9.59 Å². The average molecular weight is 395 g/mol. The number of rotatable bonds is 7. The molecule has 0 aliphatic carbocycles. The highest BCUT2D eigenvalue weighted by Gasteiger charge is 2.27. The monoisotopic (exact) mass is 395 g/mol. The van der Waals surface area contributed by atoms with Crippen molar-refractivity contribution in [2.24, 2.45) is 5.73 Å². The highest BCUT2D eigenvalue weighted by atomic mass is 16.5. The first kappa shape index (κ1) is 20.0. The van der Waals surface area contributed by atoms with Gasteiger partial charge in [0.05, 0.1) is 18.2 Å². The van der Waals surface area contributed by atoms with Gasteiger partial charge in [-0.15, -0.1) is 0 Å². The van der Waals surface area contributed by atoms with E-state index in [1.165, 1.54) is 6.07 Å². The van der Waals surface area contributed by atoms with Crippen molar-refractivity contribution in [3.05, 3.63) is 41.6 Å². The van der Waals surface area contributed by atoms with Crippen LogP contribution >= 0.6 is 0 Å². The first-order valence-electron chi connectivity index (χ1n) is 8.99. The van der Waals surface area contributed by atoms with Crippen LogP contribution in [0.15, 0.2) is 30.3 Å². The summed E-state index contributed by atoms with van der Waals surface area (Å²) in [5, 5.41) is 12.1. The van der Waals surface area contributed by atoms with Crippen molar-refractivity contribution in [1.29, 1.82) is 5.26 Å². The summed E-state index contributed by atoms with van der Waals surface area (Å²) in [6.45, 7) is 1.85. The van der Waals surface area contributed by atoms with Gasteiger partial charge in [0, 0.05) is 38.5 Å². The van der Waals surface area contributed by atoms with E-state index in [-0.39, 0.29) is 24.1 Å². The molecule has 0 bridgehead atoms. The minimum atomic E-state index is -0.679. The Morgan fingerprint density at radius 1 is 1.34 bits per heavy atom. The Bertz CT molecular complexity index is 957.